The van der Waals surface area contributed by atoms with Gasteiger partial charge in [-0.25, -0.2) is 4.79 Å². The lowest BCUT2D eigenvalue weighted by molar-refractivity contribution is -0.136. The van der Waals surface area contributed by atoms with Crippen molar-refractivity contribution >= 4 is 34.6 Å². The highest BCUT2D eigenvalue weighted by Gasteiger charge is 2.33. The number of nitrogens with zero attached hydrogens (tertiary/aromatic N) is 2. The predicted octanol–water partition coefficient (Wildman–Crippen LogP) is 3.86. The average molecular weight is 465 g/mol. The van der Waals surface area contributed by atoms with Crippen LogP contribution in [0.4, 0.5) is 29.3 Å². The fraction of sp³-hybridized carbons (Fsp3) is 0.158. The second kappa shape index (κ2) is 8.70. The molecule has 13 heteroatoms. The van der Waals surface area contributed by atoms with E-state index < -0.39 is 23.7 Å². The van der Waals surface area contributed by atoms with Crippen LogP contribution in [0, 0.1) is 0 Å². The highest BCUT2D eigenvalue weighted by atomic mass is 32.1. The Bertz CT molecular complexity index is 1170. The van der Waals surface area contributed by atoms with E-state index >= 15 is 0 Å². The minimum atomic E-state index is -4.61. The lowest BCUT2D eigenvalue weighted by Crippen LogP contribution is -2.29. The number of benzene rings is 2. The number of halogens is 3. The molecule has 0 radical (unpaired) electrons. The maximum atomic E-state index is 13.0. The van der Waals surface area contributed by atoms with E-state index in [1.807, 2.05) is 0 Å². The third kappa shape index (κ3) is 4.88. The fourth-order valence-corrected chi connectivity index (χ4v) is 3.41. The molecule has 3 amide bonds. The molecule has 1 aliphatic heterocycles. The Morgan fingerprint density at radius 2 is 1.81 bits per heavy atom. The molecule has 0 bridgehead atoms. The van der Waals surface area contributed by atoms with Gasteiger partial charge in [-0.3, -0.25) is 4.79 Å². The molecule has 0 aliphatic carbocycles. The summed E-state index contributed by atoms with van der Waals surface area (Å²) in [7, 11) is 0. The monoisotopic (exact) mass is 465 g/mol. The molecule has 0 saturated heterocycles. The summed E-state index contributed by atoms with van der Waals surface area (Å²) in [6, 6.07) is 8.65. The molecule has 2 heterocycles. The Labute approximate surface area is 182 Å². The summed E-state index contributed by atoms with van der Waals surface area (Å²) in [5.41, 5.74) is -0.871. The van der Waals surface area contributed by atoms with Crippen LogP contribution < -0.4 is 25.4 Å². The number of carbonyl (C=O) groups is 2. The van der Waals surface area contributed by atoms with E-state index in [4.69, 9.17) is 9.47 Å². The minimum Gasteiger partial charge on any atom is -0.454 e. The Kier molecular flexibility index (Phi) is 5.81. The van der Waals surface area contributed by atoms with Crippen LogP contribution in [0.25, 0.3) is 0 Å². The van der Waals surface area contributed by atoms with Crippen molar-refractivity contribution in [2.45, 2.75) is 12.7 Å². The molecule has 9 nitrogen and oxygen atoms in total. The van der Waals surface area contributed by atoms with Crippen molar-refractivity contribution in [2.24, 2.45) is 0 Å². The minimum absolute atomic E-state index is 0.0438. The molecule has 0 saturated carbocycles. The third-order valence-corrected chi connectivity index (χ3v) is 5.09. The number of ether oxygens (including phenoxy) is 2. The molecule has 4 rings (SSSR count). The quantitative estimate of drug-likeness (QED) is 0.527. The number of amides is 3. The smallest absolute Gasteiger partial charge is 0.418 e. The van der Waals surface area contributed by atoms with Crippen LogP contribution in [0.15, 0.2) is 42.5 Å². The number of urea groups is 1. The number of alkyl halides is 3. The van der Waals surface area contributed by atoms with E-state index in [1.54, 1.807) is 18.2 Å². The SMILES string of the molecule is O=C(NCc1nnc(C(=O)Nc2ccc3c(c2)OCO3)s1)Nc1ccccc1C(F)(F)F. The summed E-state index contributed by atoms with van der Waals surface area (Å²) in [5, 5.41) is 15.1. The third-order valence-electron chi connectivity index (χ3n) is 4.17. The number of rotatable bonds is 5. The van der Waals surface area contributed by atoms with Gasteiger partial charge in [0.1, 0.15) is 5.01 Å². The van der Waals surface area contributed by atoms with Crippen LogP contribution in [0.3, 0.4) is 0 Å². The molecule has 0 spiro atoms. The molecule has 1 aliphatic rings. The van der Waals surface area contributed by atoms with Crippen LogP contribution in [0.2, 0.25) is 0 Å². The largest absolute Gasteiger partial charge is 0.454 e. The van der Waals surface area contributed by atoms with Gasteiger partial charge in [0.15, 0.2) is 11.5 Å². The Morgan fingerprint density at radius 1 is 1.03 bits per heavy atom. The Morgan fingerprint density at radius 3 is 2.62 bits per heavy atom. The highest BCUT2D eigenvalue weighted by molar-refractivity contribution is 7.13. The molecule has 3 aromatic rings. The van der Waals surface area contributed by atoms with Gasteiger partial charge in [0, 0.05) is 11.8 Å². The van der Waals surface area contributed by atoms with E-state index in [0.29, 0.717) is 22.2 Å². The fourth-order valence-electron chi connectivity index (χ4n) is 2.74. The van der Waals surface area contributed by atoms with Crippen molar-refractivity contribution in [3.05, 3.63) is 58.0 Å². The lowest BCUT2D eigenvalue weighted by Gasteiger charge is -2.13. The molecular formula is C19H14F3N5O4S. The van der Waals surface area contributed by atoms with Gasteiger partial charge < -0.3 is 25.4 Å². The first-order valence-electron chi connectivity index (χ1n) is 9.04. The van der Waals surface area contributed by atoms with E-state index in [-0.39, 0.29) is 24.0 Å². The van der Waals surface area contributed by atoms with Crippen LogP contribution in [0.5, 0.6) is 11.5 Å². The summed E-state index contributed by atoms with van der Waals surface area (Å²) in [5.74, 6) is 0.558. The zero-order valence-corrected chi connectivity index (χ0v) is 16.8. The molecule has 2 aromatic carbocycles. The Hall–Kier alpha value is -3.87. The van der Waals surface area contributed by atoms with Crippen molar-refractivity contribution in [2.75, 3.05) is 17.4 Å². The van der Waals surface area contributed by atoms with E-state index in [1.165, 1.54) is 12.1 Å². The number of aromatic nitrogens is 2. The number of hydrogen-bond acceptors (Lipinski definition) is 7. The maximum Gasteiger partial charge on any atom is 0.418 e. The van der Waals surface area contributed by atoms with Gasteiger partial charge in [-0.2, -0.15) is 13.2 Å². The number of carbonyl (C=O) groups excluding carboxylic acids is 2. The van der Waals surface area contributed by atoms with E-state index in [2.05, 4.69) is 26.1 Å². The second-order valence-corrected chi connectivity index (χ2v) is 7.44. The second-order valence-electron chi connectivity index (χ2n) is 6.37. The van der Waals surface area contributed by atoms with Gasteiger partial charge in [0.05, 0.1) is 17.8 Å². The molecule has 166 valence electrons. The van der Waals surface area contributed by atoms with Crippen LogP contribution in [-0.2, 0) is 12.7 Å². The zero-order valence-electron chi connectivity index (χ0n) is 16.0. The summed E-state index contributed by atoms with van der Waals surface area (Å²) >= 11 is 0.929. The number of para-hydroxylation sites is 1. The van der Waals surface area contributed by atoms with Crippen molar-refractivity contribution in [3.8, 4) is 11.5 Å². The molecule has 32 heavy (non-hydrogen) atoms. The van der Waals surface area contributed by atoms with Gasteiger partial charge >= 0.3 is 12.2 Å². The van der Waals surface area contributed by atoms with Gasteiger partial charge in [-0.15, -0.1) is 10.2 Å². The average Bonchev–Trinajstić information content (AvgIpc) is 3.41. The molecular weight excluding hydrogens is 451 g/mol. The maximum absolute atomic E-state index is 13.0. The summed E-state index contributed by atoms with van der Waals surface area (Å²) < 4.78 is 49.5. The van der Waals surface area contributed by atoms with E-state index in [9.17, 15) is 22.8 Å². The molecule has 0 fully saturated rings. The van der Waals surface area contributed by atoms with Crippen molar-refractivity contribution in [1.29, 1.82) is 0 Å². The summed E-state index contributed by atoms with van der Waals surface area (Å²) in [4.78, 5) is 24.4. The molecule has 3 N–H and O–H groups in total. The number of anilines is 2. The number of nitrogens with one attached hydrogen (secondary N) is 3. The van der Waals surface area contributed by atoms with Crippen molar-refractivity contribution in [3.63, 3.8) is 0 Å². The molecule has 0 atom stereocenters. The van der Waals surface area contributed by atoms with Gasteiger partial charge in [-0.05, 0) is 24.3 Å². The lowest BCUT2D eigenvalue weighted by atomic mass is 10.1. The normalized spacial score (nSPS) is 12.3. The van der Waals surface area contributed by atoms with Gasteiger partial charge in [0.25, 0.3) is 5.91 Å². The highest BCUT2D eigenvalue weighted by Crippen LogP contribution is 2.35. The summed E-state index contributed by atoms with van der Waals surface area (Å²) in [6.45, 7) is -0.0240. The van der Waals surface area contributed by atoms with Crippen LogP contribution in [-0.4, -0.2) is 28.9 Å². The number of hydrogen-bond donors (Lipinski definition) is 3. The van der Waals surface area contributed by atoms with Crippen molar-refractivity contribution < 1.29 is 32.2 Å². The predicted molar refractivity (Wildman–Crippen MR) is 108 cm³/mol. The van der Waals surface area contributed by atoms with Crippen molar-refractivity contribution in [1.82, 2.24) is 15.5 Å². The first-order chi connectivity index (χ1) is 15.3. The van der Waals surface area contributed by atoms with E-state index in [0.717, 1.165) is 23.5 Å². The topological polar surface area (TPSA) is 114 Å². The first kappa shape index (κ1) is 21.4. The van der Waals surface area contributed by atoms with Gasteiger partial charge in [-0.1, -0.05) is 23.5 Å². The van der Waals surface area contributed by atoms with Crippen LogP contribution in [0.1, 0.15) is 20.4 Å². The molecule has 0 unspecified atom stereocenters. The van der Waals surface area contributed by atoms with Crippen LogP contribution >= 0.6 is 11.3 Å². The zero-order chi connectivity index (χ0) is 22.7. The van der Waals surface area contributed by atoms with Gasteiger partial charge in [0.2, 0.25) is 11.8 Å². The Balaban J connectivity index is 1.33. The number of fused-ring (bicyclic) bond motifs is 1. The standard InChI is InChI=1S/C19H14F3N5O4S/c20-19(21,22)11-3-1-2-4-12(11)25-18(29)23-8-15-26-27-17(32-15)16(28)24-10-5-6-13-14(7-10)31-9-30-13/h1-7H,8-9H2,(H,24,28)(H2,23,25,29). The molecule has 1 aromatic heterocycles. The first-order valence-corrected chi connectivity index (χ1v) is 9.86. The summed E-state index contributed by atoms with van der Waals surface area (Å²) in [6.07, 6.45) is -4.61.